The summed E-state index contributed by atoms with van der Waals surface area (Å²) in [5.74, 6) is -0.145. The van der Waals surface area contributed by atoms with E-state index in [9.17, 15) is 8.42 Å². The predicted molar refractivity (Wildman–Crippen MR) is 44.9 cm³/mol. The van der Waals surface area contributed by atoms with Gasteiger partial charge in [0.15, 0.2) is 0 Å². The Kier molecular flexibility index (Phi) is 2.36. The molecule has 70 valence electrons. The van der Waals surface area contributed by atoms with Crippen molar-refractivity contribution in [1.82, 2.24) is 13.3 Å². The van der Waals surface area contributed by atoms with Crippen molar-refractivity contribution in [2.45, 2.75) is 0 Å². The number of imidazole rings is 1. The minimum Gasteiger partial charge on any atom is -0.227 e. The molecule has 1 aromatic heterocycles. The summed E-state index contributed by atoms with van der Waals surface area (Å²) in [4.78, 5) is 3.58. The summed E-state index contributed by atoms with van der Waals surface area (Å²) in [6, 6.07) is 1.68. The molecule has 6 nitrogen and oxygen atoms in total. The zero-order valence-corrected chi connectivity index (χ0v) is 7.98. The van der Waals surface area contributed by atoms with Crippen LogP contribution in [0.4, 0.5) is 0 Å². The molecule has 0 N–H and O–H groups in total. The molecule has 0 atom stereocenters. The van der Waals surface area contributed by atoms with Crippen molar-refractivity contribution in [3.63, 3.8) is 0 Å². The predicted octanol–water partition coefficient (Wildman–Crippen LogP) is -0.591. The van der Waals surface area contributed by atoms with Crippen LogP contribution in [-0.2, 0) is 10.2 Å². The van der Waals surface area contributed by atoms with Crippen LogP contribution in [0, 0.1) is 11.3 Å². The van der Waals surface area contributed by atoms with Gasteiger partial charge in [-0.25, -0.2) is 8.96 Å². The molecular formula is C6H8N4O2S. The standard InChI is InChI=1S/C6H8N4O2S/c1-9(2)13(11,12)10-4-3-8-6(10)5-7/h3-4H,1-2H3. The van der Waals surface area contributed by atoms with Gasteiger partial charge >= 0.3 is 10.2 Å². The molecule has 0 radical (unpaired) electrons. The minimum absolute atomic E-state index is 0.145. The lowest BCUT2D eigenvalue weighted by Gasteiger charge is -2.11. The number of nitriles is 1. The highest BCUT2D eigenvalue weighted by Gasteiger charge is 2.19. The Labute approximate surface area is 76.2 Å². The molecule has 1 heterocycles. The first kappa shape index (κ1) is 9.70. The zero-order chi connectivity index (χ0) is 10.1. The van der Waals surface area contributed by atoms with E-state index < -0.39 is 10.2 Å². The van der Waals surface area contributed by atoms with E-state index in [-0.39, 0.29) is 5.82 Å². The number of rotatable bonds is 2. The Morgan fingerprint density at radius 3 is 2.69 bits per heavy atom. The molecule has 0 aliphatic rings. The first-order valence-electron chi connectivity index (χ1n) is 3.36. The van der Waals surface area contributed by atoms with E-state index in [1.165, 1.54) is 26.5 Å². The van der Waals surface area contributed by atoms with E-state index >= 15 is 0 Å². The molecule has 0 saturated carbocycles. The second-order valence-corrected chi connectivity index (χ2v) is 4.47. The van der Waals surface area contributed by atoms with E-state index in [1.54, 1.807) is 6.07 Å². The van der Waals surface area contributed by atoms with Crippen LogP contribution < -0.4 is 0 Å². The van der Waals surface area contributed by atoms with E-state index in [1.807, 2.05) is 0 Å². The minimum atomic E-state index is -3.61. The van der Waals surface area contributed by atoms with Gasteiger partial charge in [0.1, 0.15) is 6.07 Å². The van der Waals surface area contributed by atoms with Crippen LogP contribution >= 0.6 is 0 Å². The SMILES string of the molecule is CN(C)S(=O)(=O)n1ccnc1C#N. The number of hydrogen-bond acceptors (Lipinski definition) is 4. The summed E-state index contributed by atoms with van der Waals surface area (Å²) < 4.78 is 24.8. The van der Waals surface area contributed by atoms with Gasteiger partial charge in [0, 0.05) is 26.5 Å². The molecule has 0 unspecified atom stereocenters. The topological polar surface area (TPSA) is 79.0 Å². The zero-order valence-electron chi connectivity index (χ0n) is 7.17. The van der Waals surface area contributed by atoms with Gasteiger partial charge in [-0.3, -0.25) is 0 Å². The summed E-state index contributed by atoms with van der Waals surface area (Å²) in [5, 5.41) is 8.54. The van der Waals surface area contributed by atoms with Crippen molar-refractivity contribution in [3.8, 4) is 6.07 Å². The highest BCUT2D eigenvalue weighted by Crippen LogP contribution is 2.04. The molecule has 1 aromatic rings. The van der Waals surface area contributed by atoms with Gasteiger partial charge < -0.3 is 0 Å². The van der Waals surface area contributed by atoms with Crippen molar-refractivity contribution in [3.05, 3.63) is 18.2 Å². The van der Waals surface area contributed by atoms with Gasteiger partial charge in [0.2, 0.25) is 5.82 Å². The number of aromatic nitrogens is 2. The van der Waals surface area contributed by atoms with Crippen LogP contribution in [0.3, 0.4) is 0 Å². The van der Waals surface area contributed by atoms with Gasteiger partial charge in [0.25, 0.3) is 0 Å². The molecular weight excluding hydrogens is 192 g/mol. The first-order chi connectivity index (χ1) is 6.00. The Hall–Kier alpha value is -1.39. The maximum Gasteiger partial charge on any atom is 0.309 e. The Bertz CT molecular complexity index is 439. The lowest BCUT2D eigenvalue weighted by atomic mass is 10.7. The van der Waals surface area contributed by atoms with Crippen LogP contribution in [0.15, 0.2) is 12.4 Å². The highest BCUT2D eigenvalue weighted by molar-refractivity contribution is 7.87. The van der Waals surface area contributed by atoms with Crippen molar-refractivity contribution >= 4 is 10.2 Å². The van der Waals surface area contributed by atoms with E-state index in [0.717, 1.165) is 8.28 Å². The molecule has 0 saturated heterocycles. The lowest BCUT2D eigenvalue weighted by Crippen LogP contribution is -2.29. The second kappa shape index (κ2) is 3.16. The third-order valence-electron chi connectivity index (χ3n) is 1.42. The van der Waals surface area contributed by atoms with Gasteiger partial charge in [0.05, 0.1) is 0 Å². The molecule has 0 spiro atoms. The van der Waals surface area contributed by atoms with Crippen LogP contribution in [-0.4, -0.2) is 35.8 Å². The van der Waals surface area contributed by atoms with Gasteiger partial charge in [-0.1, -0.05) is 0 Å². The molecule has 0 aliphatic carbocycles. The summed E-state index contributed by atoms with van der Waals surface area (Å²) in [6.07, 6.45) is 2.49. The number of hydrogen-bond donors (Lipinski definition) is 0. The summed E-state index contributed by atoms with van der Waals surface area (Å²) in [6.45, 7) is 0. The fraction of sp³-hybridized carbons (Fsp3) is 0.333. The average molecular weight is 200 g/mol. The lowest BCUT2D eigenvalue weighted by molar-refractivity contribution is 0.510. The van der Waals surface area contributed by atoms with Crippen molar-refractivity contribution in [2.24, 2.45) is 0 Å². The van der Waals surface area contributed by atoms with Gasteiger partial charge in [-0.2, -0.15) is 18.0 Å². The Morgan fingerprint density at radius 1 is 1.62 bits per heavy atom. The highest BCUT2D eigenvalue weighted by atomic mass is 32.2. The quantitative estimate of drug-likeness (QED) is 0.639. The molecule has 0 bridgehead atoms. The van der Waals surface area contributed by atoms with Gasteiger partial charge in [-0.15, -0.1) is 0 Å². The smallest absolute Gasteiger partial charge is 0.227 e. The molecule has 0 fully saturated rings. The third-order valence-corrected chi connectivity index (χ3v) is 3.13. The van der Waals surface area contributed by atoms with E-state index in [2.05, 4.69) is 4.98 Å². The molecule has 0 aromatic carbocycles. The summed E-state index contributed by atoms with van der Waals surface area (Å²) in [7, 11) is -0.841. The summed E-state index contributed by atoms with van der Waals surface area (Å²) >= 11 is 0. The molecule has 0 aliphatic heterocycles. The fourth-order valence-electron chi connectivity index (χ4n) is 0.732. The fourth-order valence-corrected chi connectivity index (χ4v) is 1.60. The molecule has 0 amide bonds. The Morgan fingerprint density at radius 2 is 2.23 bits per heavy atom. The van der Waals surface area contributed by atoms with Crippen molar-refractivity contribution in [1.29, 1.82) is 5.26 Å². The van der Waals surface area contributed by atoms with Crippen LogP contribution in [0.5, 0.6) is 0 Å². The maximum absolute atomic E-state index is 11.5. The average Bonchev–Trinajstić information content (AvgIpc) is 2.51. The summed E-state index contributed by atoms with van der Waals surface area (Å²) in [5.41, 5.74) is 0. The van der Waals surface area contributed by atoms with Gasteiger partial charge in [-0.05, 0) is 0 Å². The second-order valence-electron chi connectivity index (χ2n) is 2.45. The molecule has 7 heteroatoms. The number of nitrogens with zero attached hydrogens (tertiary/aromatic N) is 4. The largest absolute Gasteiger partial charge is 0.309 e. The Balaban J connectivity index is 3.33. The monoisotopic (exact) mass is 200 g/mol. The molecule has 1 rings (SSSR count). The van der Waals surface area contributed by atoms with E-state index in [4.69, 9.17) is 5.26 Å². The van der Waals surface area contributed by atoms with Crippen LogP contribution in [0.1, 0.15) is 5.82 Å². The van der Waals surface area contributed by atoms with Crippen LogP contribution in [0.2, 0.25) is 0 Å². The van der Waals surface area contributed by atoms with E-state index in [0.29, 0.717) is 0 Å². The maximum atomic E-state index is 11.5. The third kappa shape index (κ3) is 1.54. The normalized spacial score (nSPS) is 11.5. The first-order valence-corrected chi connectivity index (χ1v) is 4.76. The van der Waals surface area contributed by atoms with Crippen molar-refractivity contribution in [2.75, 3.05) is 14.1 Å². The van der Waals surface area contributed by atoms with Crippen LogP contribution in [0.25, 0.3) is 0 Å². The molecule has 13 heavy (non-hydrogen) atoms. The van der Waals surface area contributed by atoms with Crippen molar-refractivity contribution < 1.29 is 8.42 Å².